The van der Waals surface area contributed by atoms with Gasteiger partial charge in [-0.2, -0.15) is 4.31 Å². The number of terminal acetylenes is 1. The lowest BCUT2D eigenvalue weighted by Gasteiger charge is -2.16. The number of methoxy groups -OCH3 is 1. The third-order valence-electron chi connectivity index (χ3n) is 2.41. The fourth-order valence-corrected chi connectivity index (χ4v) is 2.61. The predicted octanol–water partition coefficient (Wildman–Crippen LogP) is 0.647. The molecule has 0 atom stereocenters. The van der Waals surface area contributed by atoms with Gasteiger partial charge in [-0.3, -0.25) is 0 Å². The van der Waals surface area contributed by atoms with E-state index in [-0.39, 0.29) is 22.8 Å². The summed E-state index contributed by atoms with van der Waals surface area (Å²) in [5.74, 6) is 1.02. The molecule has 0 aliphatic carbocycles. The van der Waals surface area contributed by atoms with Gasteiger partial charge >= 0.3 is 5.97 Å². The van der Waals surface area contributed by atoms with Gasteiger partial charge in [0.05, 0.1) is 19.2 Å². The number of ether oxygens (including phenoxy) is 1. The van der Waals surface area contributed by atoms with Crippen LogP contribution in [0.2, 0.25) is 0 Å². The minimum absolute atomic E-state index is 0.0382. The molecule has 0 saturated carbocycles. The summed E-state index contributed by atoms with van der Waals surface area (Å²) in [5.41, 5.74) is -0.0598. The second-order valence-corrected chi connectivity index (χ2v) is 5.65. The van der Waals surface area contributed by atoms with Crippen molar-refractivity contribution in [3.05, 3.63) is 23.8 Å². The number of hydrogen-bond acceptors (Lipinski definition) is 4. The highest BCUT2D eigenvalue weighted by atomic mass is 32.2. The Hall–Kier alpha value is -2.04. The summed E-state index contributed by atoms with van der Waals surface area (Å²) in [4.78, 5) is 10.7. The molecular weight excluding hydrogens is 270 g/mol. The quantitative estimate of drug-likeness (QED) is 0.802. The van der Waals surface area contributed by atoms with Crippen LogP contribution in [-0.2, 0) is 10.0 Å². The summed E-state index contributed by atoms with van der Waals surface area (Å²) in [6.45, 7) is -0.0911. The highest BCUT2D eigenvalue weighted by Gasteiger charge is 2.25. The Balaban J connectivity index is 3.36. The lowest BCUT2D eigenvalue weighted by atomic mass is 10.2. The number of nitrogens with zero attached hydrogens (tertiary/aromatic N) is 1. The molecule has 0 radical (unpaired) electrons. The van der Waals surface area contributed by atoms with Crippen LogP contribution in [0, 0.1) is 12.3 Å². The second-order valence-electron chi connectivity index (χ2n) is 3.64. The van der Waals surface area contributed by atoms with Crippen molar-refractivity contribution < 1.29 is 23.1 Å². The third-order valence-corrected chi connectivity index (χ3v) is 4.26. The van der Waals surface area contributed by atoms with Crippen LogP contribution in [0.5, 0.6) is 5.75 Å². The zero-order valence-corrected chi connectivity index (χ0v) is 11.3. The number of carboxylic acids is 1. The van der Waals surface area contributed by atoms with Crippen molar-refractivity contribution in [2.24, 2.45) is 0 Å². The largest absolute Gasteiger partial charge is 0.495 e. The molecule has 0 saturated heterocycles. The van der Waals surface area contributed by atoms with Crippen molar-refractivity contribution in [1.29, 1.82) is 0 Å². The number of carboxylic acid groups (broad SMARTS) is 1. The molecule has 0 aliphatic heterocycles. The second kappa shape index (κ2) is 5.73. The smallest absolute Gasteiger partial charge is 0.335 e. The Morgan fingerprint density at radius 1 is 1.53 bits per heavy atom. The number of hydrogen-bond donors (Lipinski definition) is 1. The Labute approximate surface area is 111 Å². The van der Waals surface area contributed by atoms with E-state index in [1.807, 2.05) is 0 Å². The Bertz CT molecular complexity index is 630. The first-order valence-electron chi connectivity index (χ1n) is 5.15. The van der Waals surface area contributed by atoms with E-state index in [0.717, 1.165) is 10.4 Å². The van der Waals surface area contributed by atoms with Crippen LogP contribution in [0.15, 0.2) is 23.1 Å². The molecule has 0 heterocycles. The molecule has 0 unspecified atom stereocenters. The molecule has 1 aromatic carbocycles. The van der Waals surface area contributed by atoms with Crippen LogP contribution in [0.25, 0.3) is 0 Å². The Morgan fingerprint density at radius 3 is 2.63 bits per heavy atom. The fourth-order valence-electron chi connectivity index (χ4n) is 1.40. The van der Waals surface area contributed by atoms with Gasteiger partial charge in [-0.25, -0.2) is 13.2 Å². The van der Waals surface area contributed by atoms with Crippen molar-refractivity contribution >= 4 is 16.0 Å². The molecule has 102 valence electrons. The van der Waals surface area contributed by atoms with E-state index in [9.17, 15) is 13.2 Å². The van der Waals surface area contributed by atoms with E-state index in [2.05, 4.69) is 5.92 Å². The van der Waals surface area contributed by atoms with Gasteiger partial charge in [-0.15, -0.1) is 6.42 Å². The van der Waals surface area contributed by atoms with Crippen molar-refractivity contribution in [3.8, 4) is 18.1 Å². The van der Waals surface area contributed by atoms with E-state index in [1.165, 1.54) is 26.3 Å². The Kier molecular flexibility index (Phi) is 4.53. The van der Waals surface area contributed by atoms with Crippen molar-refractivity contribution in [1.82, 2.24) is 4.31 Å². The summed E-state index contributed by atoms with van der Waals surface area (Å²) >= 11 is 0. The molecule has 6 nitrogen and oxygen atoms in total. The number of benzene rings is 1. The van der Waals surface area contributed by atoms with Crippen molar-refractivity contribution in [3.63, 3.8) is 0 Å². The summed E-state index contributed by atoms with van der Waals surface area (Å²) in [5, 5.41) is 8.85. The average molecular weight is 283 g/mol. The Morgan fingerprint density at radius 2 is 2.16 bits per heavy atom. The molecule has 7 heteroatoms. The van der Waals surface area contributed by atoms with Gasteiger partial charge in [0, 0.05) is 7.05 Å². The number of sulfonamides is 1. The maximum Gasteiger partial charge on any atom is 0.335 e. The molecule has 0 bridgehead atoms. The first-order chi connectivity index (χ1) is 8.84. The van der Waals surface area contributed by atoms with Crippen LogP contribution < -0.4 is 4.74 Å². The van der Waals surface area contributed by atoms with E-state index in [4.69, 9.17) is 16.3 Å². The van der Waals surface area contributed by atoms with Gasteiger partial charge in [0.1, 0.15) is 10.6 Å². The van der Waals surface area contributed by atoms with Crippen molar-refractivity contribution in [2.75, 3.05) is 20.7 Å². The first kappa shape index (κ1) is 15.0. The van der Waals surface area contributed by atoms with Crippen molar-refractivity contribution in [2.45, 2.75) is 4.90 Å². The summed E-state index contributed by atoms with van der Waals surface area (Å²) in [6, 6.07) is 3.53. The molecule has 0 aromatic heterocycles. The first-order valence-corrected chi connectivity index (χ1v) is 6.59. The molecule has 0 spiro atoms. The molecule has 1 N–H and O–H groups in total. The third kappa shape index (κ3) is 3.05. The zero-order chi connectivity index (χ0) is 14.6. The minimum Gasteiger partial charge on any atom is -0.495 e. The van der Waals surface area contributed by atoms with E-state index >= 15 is 0 Å². The number of aromatic carboxylic acids is 1. The lowest BCUT2D eigenvalue weighted by Crippen LogP contribution is -2.27. The monoisotopic (exact) mass is 283 g/mol. The van der Waals surface area contributed by atoms with Crippen LogP contribution in [0.4, 0.5) is 0 Å². The van der Waals surface area contributed by atoms with E-state index in [0.29, 0.717) is 0 Å². The molecule has 0 fully saturated rings. The molecule has 19 heavy (non-hydrogen) atoms. The standard InChI is InChI=1S/C12H13NO5S/c1-4-7-13(2)19(16,17)11-6-5-9(12(14)15)8-10(11)18-3/h1,5-6,8H,7H2,2-3H3,(H,14,15). The summed E-state index contributed by atoms with van der Waals surface area (Å²) in [7, 11) is -1.22. The number of carbonyl (C=O) groups is 1. The fraction of sp³-hybridized carbons (Fsp3) is 0.250. The van der Waals surface area contributed by atoms with E-state index in [1.54, 1.807) is 0 Å². The molecule has 1 rings (SSSR count). The molecule has 0 aliphatic rings. The van der Waals surface area contributed by atoms with Crippen LogP contribution >= 0.6 is 0 Å². The lowest BCUT2D eigenvalue weighted by molar-refractivity contribution is 0.0696. The zero-order valence-electron chi connectivity index (χ0n) is 10.5. The van der Waals surface area contributed by atoms with Crippen LogP contribution in [-0.4, -0.2) is 44.5 Å². The van der Waals surface area contributed by atoms with Crippen LogP contribution in [0.1, 0.15) is 10.4 Å². The predicted molar refractivity (Wildman–Crippen MR) is 68.6 cm³/mol. The normalized spacial score (nSPS) is 11.1. The summed E-state index contributed by atoms with van der Waals surface area (Å²) in [6.07, 6.45) is 5.07. The van der Waals surface area contributed by atoms with Gasteiger partial charge in [0.25, 0.3) is 0 Å². The maximum atomic E-state index is 12.2. The van der Waals surface area contributed by atoms with Gasteiger partial charge in [-0.05, 0) is 18.2 Å². The minimum atomic E-state index is -3.81. The SMILES string of the molecule is C#CCN(C)S(=O)(=O)c1ccc(C(=O)O)cc1OC. The maximum absolute atomic E-state index is 12.2. The molecular formula is C12H13NO5S. The summed E-state index contributed by atoms with van der Waals surface area (Å²) < 4.78 is 30.3. The topological polar surface area (TPSA) is 83.9 Å². The van der Waals surface area contributed by atoms with Gasteiger partial charge in [0.2, 0.25) is 10.0 Å². The highest BCUT2D eigenvalue weighted by Crippen LogP contribution is 2.27. The number of rotatable bonds is 5. The highest BCUT2D eigenvalue weighted by molar-refractivity contribution is 7.89. The van der Waals surface area contributed by atoms with Gasteiger partial charge in [0.15, 0.2) is 0 Å². The van der Waals surface area contributed by atoms with E-state index < -0.39 is 16.0 Å². The molecule has 0 amide bonds. The van der Waals surface area contributed by atoms with Gasteiger partial charge < -0.3 is 9.84 Å². The molecule has 1 aromatic rings. The van der Waals surface area contributed by atoms with Crippen LogP contribution in [0.3, 0.4) is 0 Å². The average Bonchev–Trinajstić information content (AvgIpc) is 2.38. The van der Waals surface area contributed by atoms with Gasteiger partial charge in [-0.1, -0.05) is 5.92 Å².